The van der Waals surface area contributed by atoms with Crippen LogP contribution < -0.4 is 27.0 Å². The van der Waals surface area contributed by atoms with Gasteiger partial charge in [-0.15, -0.1) is 0 Å². The van der Waals surface area contributed by atoms with Crippen LogP contribution in [0.15, 0.2) is 91.0 Å². The first-order valence-electron chi connectivity index (χ1n) is 12.0. The van der Waals surface area contributed by atoms with Gasteiger partial charge in [0, 0.05) is 0 Å². The number of hydrogen-bond donors (Lipinski definition) is 3. The predicted octanol–water partition coefficient (Wildman–Crippen LogP) is 3.94. The van der Waals surface area contributed by atoms with Gasteiger partial charge in [0.25, 0.3) is 0 Å². The van der Waals surface area contributed by atoms with Crippen molar-refractivity contribution in [2.75, 3.05) is 26.3 Å². The molecule has 0 radical (unpaired) electrons. The number of hydrogen-bond acceptors (Lipinski definition) is 2. The summed E-state index contributed by atoms with van der Waals surface area (Å²) < 4.78 is 0. The molecule has 0 spiro atoms. The van der Waals surface area contributed by atoms with E-state index in [4.69, 9.17) is 11.1 Å². The molecule has 3 aromatic carbocycles. The molecule has 0 bridgehead atoms. The van der Waals surface area contributed by atoms with Gasteiger partial charge < -0.3 is 0 Å². The first-order valence-corrected chi connectivity index (χ1v) is 16.5. The Morgan fingerprint density at radius 1 is 0.943 bits per heavy atom. The zero-order valence-electron chi connectivity index (χ0n) is 20.2. The molecule has 3 aromatic rings. The minimum atomic E-state index is -2.97. The summed E-state index contributed by atoms with van der Waals surface area (Å²) >= 11 is 4.46. The number of nitrogens with zero attached hydrogens (tertiary/aromatic N) is 1. The van der Waals surface area contributed by atoms with E-state index in [0.717, 1.165) is 25.4 Å². The van der Waals surface area contributed by atoms with Crippen molar-refractivity contribution in [2.45, 2.75) is 19.3 Å². The fourth-order valence-corrected chi connectivity index (χ4v) is 12.6. The second kappa shape index (κ2) is 10.1. The van der Waals surface area contributed by atoms with Gasteiger partial charge >= 0.3 is 217 Å². The molecule has 0 saturated heterocycles. The van der Waals surface area contributed by atoms with Gasteiger partial charge in [0.15, 0.2) is 0 Å². The van der Waals surface area contributed by atoms with Crippen LogP contribution in [-0.4, -0.2) is 43.1 Å². The zero-order chi connectivity index (χ0) is 25.0. The van der Waals surface area contributed by atoms with Gasteiger partial charge in [-0.1, -0.05) is 0 Å². The topological polar surface area (TPSA) is 82.2 Å². The molecule has 1 fully saturated rings. The molecule has 0 atom stereocenters. The Balaban J connectivity index is 1.60. The Morgan fingerprint density at radius 2 is 1.37 bits per heavy atom. The molecule has 4 rings (SSSR count). The predicted molar refractivity (Wildman–Crippen MR) is 153 cm³/mol. The molecule has 1 aliphatic carbocycles. The standard InChI is InChI=1S/C28H34BrN4OP/c1-33(27(30)31)22-28(18-19-28)26(34)32-20-11-21-35(29,23-12-5-2-6-13-23,24-14-7-3-8-15-24)25-16-9-4-10-17-25/h2-10,12-17H,11,18-22H2,1H3,(H3,30,31)(H,32,34). The van der Waals surface area contributed by atoms with Crippen molar-refractivity contribution >= 4 is 48.6 Å². The van der Waals surface area contributed by atoms with Crippen molar-refractivity contribution in [1.29, 1.82) is 5.41 Å². The van der Waals surface area contributed by atoms with E-state index in [0.29, 0.717) is 13.1 Å². The SMILES string of the molecule is CN(CC1(C(=O)NCCCP(Br)(c2ccccc2)(c2ccccc2)c2ccccc2)CC1)C(=N)N. The molecule has 5 nitrogen and oxygen atoms in total. The first-order chi connectivity index (χ1) is 16.8. The van der Waals surface area contributed by atoms with E-state index >= 15 is 0 Å². The first kappa shape index (κ1) is 25.4. The van der Waals surface area contributed by atoms with Crippen LogP contribution in [0.4, 0.5) is 0 Å². The zero-order valence-corrected chi connectivity index (χ0v) is 22.6. The number of halogens is 1. The van der Waals surface area contributed by atoms with Crippen LogP contribution >= 0.6 is 20.8 Å². The summed E-state index contributed by atoms with van der Waals surface area (Å²) in [6, 6.07) is 32.1. The van der Waals surface area contributed by atoms with Gasteiger partial charge in [0.1, 0.15) is 0 Å². The number of amides is 1. The molecule has 35 heavy (non-hydrogen) atoms. The van der Waals surface area contributed by atoms with Crippen LogP contribution in [0.3, 0.4) is 0 Å². The molecule has 1 saturated carbocycles. The van der Waals surface area contributed by atoms with Crippen LogP contribution in [0.2, 0.25) is 0 Å². The van der Waals surface area contributed by atoms with Crippen molar-refractivity contribution < 1.29 is 4.79 Å². The molecule has 7 heteroatoms. The summed E-state index contributed by atoms with van der Waals surface area (Å²) in [6.45, 7) is 1.09. The molecular formula is C28H34BrN4OP. The van der Waals surface area contributed by atoms with E-state index in [2.05, 4.69) is 112 Å². The van der Waals surface area contributed by atoms with Gasteiger partial charge in [-0.3, -0.25) is 0 Å². The van der Waals surface area contributed by atoms with Crippen molar-refractivity contribution in [3.05, 3.63) is 91.0 Å². The van der Waals surface area contributed by atoms with Crippen LogP contribution in [0.1, 0.15) is 19.3 Å². The number of guanidine groups is 1. The molecule has 4 N–H and O–H groups in total. The summed E-state index contributed by atoms with van der Waals surface area (Å²) in [6.07, 6.45) is 3.38. The molecule has 0 heterocycles. The van der Waals surface area contributed by atoms with E-state index in [9.17, 15) is 4.79 Å². The Labute approximate surface area is 216 Å². The van der Waals surface area contributed by atoms with Crippen LogP contribution in [0.25, 0.3) is 0 Å². The molecule has 0 aromatic heterocycles. The van der Waals surface area contributed by atoms with Crippen molar-refractivity contribution in [3.8, 4) is 0 Å². The van der Waals surface area contributed by atoms with Gasteiger partial charge in [0.05, 0.1) is 0 Å². The Bertz CT molecular complexity index is 1070. The van der Waals surface area contributed by atoms with Crippen LogP contribution in [-0.2, 0) is 4.79 Å². The van der Waals surface area contributed by atoms with Gasteiger partial charge in [-0.25, -0.2) is 0 Å². The molecule has 0 unspecified atom stereocenters. The third-order valence-electron chi connectivity index (χ3n) is 7.21. The number of nitrogens with two attached hydrogens (primary N) is 1. The van der Waals surface area contributed by atoms with E-state index in [-0.39, 0.29) is 11.9 Å². The average Bonchev–Trinajstić information content (AvgIpc) is 3.68. The normalized spacial score (nSPS) is 15.4. The van der Waals surface area contributed by atoms with Gasteiger partial charge in [0.2, 0.25) is 0 Å². The maximum atomic E-state index is 13.0. The van der Waals surface area contributed by atoms with E-state index in [1.807, 2.05) is 0 Å². The second-order valence-corrected chi connectivity index (χ2v) is 18.6. The second-order valence-electron chi connectivity index (χ2n) is 9.54. The maximum absolute atomic E-state index is 13.0. The van der Waals surface area contributed by atoms with Crippen LogP contribution in [0, 0.1) is 10.8 Å². The summed E-state index contributed by atoms with van der Waals surface area (Å²) in [5.41, 5.74) is 5.18. The summed E-state index contributed by atoms with van der Waals surface area (Å²) in [7, 11) is 1.77. The molecule has 1 aliphatic rings. The summed E-state index contributed by atoms with van der Waals surface area (Å²) in [4.78, 5) is 14.7. The fraction of sp³-hybridized carbons (Fsp3) is 0.286. The quantitative estimate of drug-likeness (QED) is 0.154. The Kier molecular flexibility index (Phi) is 7.35. The third-order valence-corrected chi connectivity index (χ3v) is 17.2. The summed E-state index contributed by atoms with van der Waals surface area (Å²) in [5, 5.41) is 11.7. The van der Waals surface area contributed by atoms with Crippen molar-refractivity contribution in [3.63, 3.8) is 0 Å². The molecule has 1 amide bonds. The Hall–Kier alpha value is -2.69. The molecular weight excluding hydrogens is 519 g/mol. The molecule has 184 valence electrons. The van der Waals surface area contributed by atoms with E-state index in [1.165, 1.54) is 15.9 Å². The Morgan fingerprint density at radius 3 is 1.74 bits per heavy atom. The number of nitrogens with one attached hydrogen (secondary N) is 2. The van der Waals surface area contributed by atoms with E-state index in [1.54, 1.807) is 11.9 Å². The fourth-order valence-electron chi connectivity index (χ4n) is 4.96. The summed E-state index contributed by atoms with van der Waals surface area (Å²) in [5.74, 6) is 0.0638. The molecule has 0 aliphatic heterocycles. The van der Waals surface area contributed by atoms with Crippen molar-refractivity contribution in [1.82, 2.24) is 10.2 Å². The number of benzene rings is 3. The van der Waals surface area contributed by atoms with Gasteiger partial charge in [-0.2, -0.15) is 0 Å². The number of carbonyl (C=O) groups excluding carboxylic acids is 1. The number of rotatable bonds is 10. The number of carbonyl (C=O) groups is 1. The monoisotopic (exact) mass is 552 g/mol. The van der Waals surface area contributed by atoms with Gasteiger partial charge in [-0.05, 0) is 0 Å². The van der Waals surface area contributed by atoms with Crippen molar-refractivity contribution in [2.24, 2.45) is 11.1 Å². The third kappa shape index (κ3) is 4.87. The minimum absolute atomic E-state index is 0.00527. The van der Waals surface area contributed by atoms with E-state index < -0.39 is 10.7 Å². The average molecular weight is 553 g/mol. The van der Waals surface area contributed by atoms with Crippen LogP contribution in [0.5, 0.6) is 0 Å².